The minimum atomic E-state index is -0.285. The Morgan fingerprint density at radius 1 is 1.23 bits per heavy atom. The van der Waals surface area contributed by atoms with Crippen molar-refractivity contribution in [1.29, 1.82) is 0 Å². The van der Waals surface area contributed by atoms with Crippen molar-refractivity contribution in [2.45, 2.75) is 27.2 Å². The largest absolute Gasteiger partial charge is 0.466 e. The molecule has 0 amide bonds. The predicted octanol–water partition coefficient (Wildman–Crippen LogP) is 3.85. The molecule has 0 aliphatic rings. The van der Waals surface area contributed by atoms with Gasteiger partial charge in [-0.15, -0.1) is 5.10 Å². The molecule has 0 unspecified atom stereocenters. The zero-order valence-electron chi connectivity index (χ0n) is 14.6. The second-order valence-corrected chi connectivity index (χ2v) is 6.28. The first-order valence-corrected chi connectivity index (χ1v) is 8.71. The number of hydrogen-bond acceptors (Lipinski definition) is 6. The van der Waals surface area contributed by atoms with Crippen LogP contribution >= 0.6 is 23.2 Å². The molecule has 7 nitrogen and oxygen atoms in total. The van der Waals surface area contributed by atoms with E-state index in [1.807, 2.05) is 0 Å². The third kappa shape index (κ3) is 4.89. The van der Waals surface area contributed by atoms with Crippen LogP contribution < -0.4 is 15.6 Å². The van der Waals surface area contributed by atoms with E-state index in [0.717, 1.165) is 0 Å². The van der Waals surface area contributed by atoms with Gasteiger partial charge >= 0.3 is 5.97 Å². The molecular weight excluding hydrogens is 381 g/mol. The fraction of sp³-hybridized carbons (Fsp3) is 0.353. The van der Waals surface area contributed by atoms with Crippen LogP contribution in [0, 0.1) is 13.8 Å². The normalized spacial score (nSPS) is 10.5. The zero-order valence-corrected chi connectivity index (χ0v) is 16.1. The number of esters is 1. The number of aromatic nitrogens is 2. The Morgan fingerprint density at radius 2 is 1.88 bits per heavy atom. The van der Waals surface area contributed by atoms with Gasteiger partial charge in [-0.05, 0) is 32.9 Å². The first-order valence-electron chi connectivity index (χ1n) is 7.95. The monoisotopic (exact) mass is 399 g/mol. The number of hydrogen-bond donors (Lipinski definition) is 2. The van der Waals surface area contributed by atoms with Gasteiger partial charge < -0.3 is 14.8 Å². The van der Waals surface area contributed by atoms with E-state index < -0.39 is 0 Å². The van der Waals surface area contributed by atoms with Gasteiger partial charge in [-0.1, -0.05) is 23.2 Å². The minimum Gasteiger partial charge on any atom is -0.466 e. The molecule has 1 heterocycles. The highest BCUT2D eigenvalue weighted by molar-refractivity contribution is 6.37. The first kappa shape index (κ1) is 20.1. The Hall–Kier alpha value is -2.25. The average molecular weight is 400 g/mol. The zero-order chi connectivity index (χ0) is 19.3. The summed E-state index contributed by atoms with van der Waals surface area (Å²) in [5.41, 5.74) is 1.45. The number of anilines is 1. The van der Waals surface area contributed by atoms with Crippen LogP contribution in [0.15, 0.2) is 16.9 Å². The molecule has 2 N–H and O–H groups in total. The maximum atomic E-state index is 11.5. The minimum absolute atomic E-state index is 0.217. The van der Waals surface area contributed by atoms with Crippen molar-refractivity contribution >= 4 is 34.9 Å². The quantitative estimate of drug-likeness (QED) is 0.686. The molecule has 0 saturated carbocycles. The molecule has 2 aromatic rings. The second-order valence-electron chi connectivity index (χ2n) is 5.46. The summed E-state index contributed by atoms with van der Waals surface area (Å²) in [6, 6.07) is 3.25. The number of ether oxygens (including phenoxy) is 2. The summed E-state index contributed by atoms with van der Waals surface area (Å²) in [6.45, 7) is 5.87. The summed E-state index contributed by atoms with van der Waals surface area (Å²) in [5.74, 6) is 0.160. The number of nitrogens with one attached hydrogen (secondary N) is 2. The summed E-state index contributed by atoms with van der Waals surface area (Å²) in [5, 5.41) is 9.81. The molecule has 2 rings (SSSR count). The van der Waals surface area contributed by atoms with Crippen LogP contribution in [-0.4, -0.2) is 29.3 Å². The van der Waals surface area contributed by atoms with E-state index in [1.54, 1.807) is 32.9 Å². The van der Waals surface area contributed by atoms with Gasteiger partial charge in [-0.3, -0.25) is 9.59 Å². The lowest BCUT2D eigenvalue weighted by Gasteiger charge is -2.13. The number of nitrogens with zero attached hydrogens (tertiary/aromatic N) is 1. The lowest BCUT2D eigenvalue weighted by molar-refractivity contribution is -0.142. The molecule has 0 bridgehead atoms. The number of aromatic amines is 1. The highest BCUT2D eigenvalue weighted by Crippen LogP contribution is 2.39. The highest BCUT2D eigenvalue weighted by Gasteiger charge is 2.15. The molecule has 0 fully saturated rings. The molecule has 0 aliphatic carbocycles. The fourth-order valence-corrected chi connectivity index (χ4v) is 2.66. The molecule has 0 spiro atoms. The van der Waals surface area contributed by atoms with E-state index in [2.05, 4.69) is 15.5 Å². The van der Waals surface area contributed by atoms with E-state index in [-0.39, 0.29) is 39.6 Å². The van der Waals surface area contributed by atoms with E-state index in [4.69, 9.17) is 32.7 Å². The number of halogens is 2. The van der Waals surface area contributed by atoms with Gasteiger partial charge in [0.1, 0.15) is 0 Å². The third-order valence-corrected chi connectivity index (χ3v) is 4.20. The summed E-state index contributed by atoms with van der Waals surface area (Å²) < 4.78 is 10.5. The van der Waals surface area contributed by atoms with E-state index in [9.17, 15) is 9.59 Å². The van der Waals surface area contributed by atoms with Crippen molar-refractivity contribution in [3.8, 4) is 11.6 Å². The summed E-state index contributed by atoms with van der Waals surface area (Å²) in [6.07, 6.45) is 0.223. The van der Waals surface area contributed by atoms with Crippen molar-refractivity contribution in [2.75, 3.05) is 18.5 Å². The highest BCUT2D eigenvalue weighted by atomic mass is 35.5. The van der Waals surface area contributed by atoms with Gasteiger partial charge in [0.05, 0.1) is 23.1 Å². The third-order valence-electron chi connectivity index (χ3n) is 3.64. The SMILES string of the molecule is CCOC(=O)CCNc1cc(Cl)c(Oc2n[nH]c(=O)c(C)c2C)c(Cl)c1. The molecule has 9 heteroatoms. The van der Waals surface area contributed by atoms with Crippen molar-refractivity contribution in [1.82, 2.24) is 10.2 Å². The predicted molar refractivity (Wildman–Crippen MR) is 101 cm³/mol. The smallest absolute Gasteiger partial charge is 0.307 e. The number of benzene rings is 1. The van der Waals surface area contributed by atoms with Crippen LogP contribution in [0.5, 0.6) is 11.6 Å². The summed E-state index contributed by atoms with van der Waals surface area (Å²) >= 11 is 12.5. The Bertz CT molecular complexity index is 845. The van der Waals surface area contributed by atoms with Crippen LogP contribution in [-0.2, 0) is 9.53 Å². The molecular formula is C17H19Cl2N3O4. The van der Waals surface area contributed by atoms with E-state index >= 15 is 0 Å². The van der Waals surface area contributed by atoms with Crippen molar-refractivity contribution < 1.29 is 14.3 Å². The van der Waals surface area contributed by atoms with Crippen LogP contribution in [0.25, 0.3) is 0 Å². The molecule has 0 saturated heterocycles. The maximum Gasteiger partial charge on any atom is 0.307 e. The van der Waals surface area contributed by atoms with Gasteiger partial charge in [-0.25, -0.2) is 5.10 Å². The molecule has 26 heavy (non-hydrogen) atoms. The van der Waals surface area contributed by atoms with Crippen LogP contribution in [0.1, 0.15) is 24.5 Å². The Morgan fingerprint density at radius 3 is 2.50 bits per heavy atom. The van der Waals surface area contributed by atoms with Gasteiger partial charge in [0.2, 0.25) is 5.88 Å². The van der Waals surface area contributed by atoms with Crippen LogP contribution in [0.4, 0.5) is 5.69 Å². The number of rotatable bonds is 7. The van der Waals surface area contributed by atoms with Gasteiger partial charge in [0, 0.05) is 23.4 Å². The number of carbonyl (C=O) groups excluding carboxylic acids is 1. The van der Waals surface area contributed by atoms with Gasteiger partial charge in [0.25, 0.3) is 5.56 Å². The Balaban J connectivity index is 2.13. The van der Waals surface area contributed by atoms with E-state index in [1.165, 1.54) is 0 Å². The second kappa shape index (κ2) is 8.91. The molecule has 0 aliphatic heterocycles. The van der Waals surface area contributed by atoms with Gasteiger partial charge in [-0.2, -0.15) is 0 Å². The summed E-state index contributed by atoms with van der Waals surface area (Å²) in [7, 11) is 0. The van der Waals surface area contributed by atoms with Crippen molar-refractivity contribution in [3.05, 3.63) is 43.7 Å². The lowest BCUT2D eigenvalue weighted by atomic mass is 10.2. The standard InChI is InChI=1S/C17H19Cl2N3O4/c1-4-25-14(23)5-6-20-11-7-12(18)15(13(19)8-11)26-17-10(3)9(2)16(24)21-22-17/h7-8,20H,4-6H2,1-3H3,(H,21,24). The number of H-pyrrole nitrogens is 1. The molecule has 140 valence electrons. The van der Waals surface area contributed by atoms with Crippen molar-refractivity contribution in [2.24, 2.45) is 0 Å². The van der Waals surface area contributed by atoms with Crippen LogP contribution in [0.2, 0.25) is 10.0 Å². The van der Waals surface area contributed by atoms with Gasteiger partial charge in [0.15, 0.2) is 5.75 Å². The first-order chi connectivity index (χ1) is 12.3. The lowest BCUT2D eigenvalue weighted by Crippen LogP contribution is -2.14. The van der Waals surface area contributed by atoms with E-state index in [0.29, 0.717) is 30.0 Å². The molecule has 0 atom stereocenters. The molecule has 1 aromatic heterocycles. The topological polar surface area (TPSA) is 93.3 Å². The number of carbonyl (C=O) groups is 1. The molecule has 0 radical (unpaired) electrons. The average Bonchev–Trinajstić information content (AvgIpc) is 2.58. The van der Waals surface area contributed by atoms with Crippen molar-refractivity contribution in [3.63, 3.8) is 0 Å². The fourth-order valence-electron chi connectivity index (χ4n) is 2.10. The van der Waals surface area contributed by atoms with Crippen LogP contribution in [0.3, 0.4) is 0 Å². The Labute approximate surface area is 160 Å². The maximum absolute atomic E-state index is 11.5. The Kier molecular flexibility index (Phi) is 6.88. The summed E-state index contributed by atoms with van der Waals surface area (Å²) in [4.78, 5) is 22.9. The molecule has 1 aromatic carbocycles.